The van der Waals surface area contributed by atoms with Gasteiger partial charge in [0.2, 0.25) is 16.8 Å². The minimum Gasteiger partial charge on any atom is -0.497 e. The Morgan fingerprint density at radius 2 is 1.79 bits per heavy atom. The van der Waals surface area contributed by atoms with Crippen LogP contribution < -0.4 is 18.9 Å². The van der Waals surface area contributed by atoms with Crippen LogP contribution in [0, 0.1) is 0 Å². The molecule has 9 heteroatoms. The molecule has 0 saturated carbocycles. The van der Waals surface area contributed by atoms with Gasteiger partial charge < -0.3 is 18.9 Å². The molecule has 29 heavy (non-hydrogen) atoms. The zero-order valence-electron chi connectivity index (χ0n) is 16.2. The first kappa shape index (κ1) is 20.0. The predicted octanol–water partition coefficient (Wildman–Crippen LogP) is 1.78. The molecule has 2 aliphatic heterocycles. The second-order valence-corrected chi connectivity index (χ2v) is 8.57. The first-order chi connectivity index (χ1) is 14.1. The van der Waals surface area contributed by atoms with Gasteiger partial charge in [0.05, 0.1) is 25.2 Å². The van der Waals surface area contributed by atoms with Gasteiger partial charge in [-0.05, 0) is 42.0 Å². The number of ether oxygens (including phenoxy) is 4. The van der Waals surface area contributed by atoms with E-state index in [4.69, 9.17) is 18.9 Å². The summed E-state index contributed by atoms with van der Waals surface area (Å²) in [5, 5.41) is 0. The van der Waals surface area contributed by atoms with E-state index in [1.165, 1.54) is 12.1 Å². The van der Waals surface area contributed by atoms with Gasteiger partial charge in [0.25, 0.3) is 0 Å². The van der Waals surface area contributed by atoms with Gasteiger partial charge in [-0.25, -0.2) is 13.1 Å². The largest absolute Gasteiger partial charge is 0.497 e. The molecular formula is C20H24N2O6S. The van der Waals surface area contributed by atoms with Crippen LogP contribution in [0.1, 0.15) is 11.6 Å². The number of benzene rings is 2. The standard InChI is InChI=1S/C20H24N2O6S/c1-25-16-3-5-17(6-4-16)29(23,24)21-13-18(22-8-10-26-11-9-22)15-2-7-19-20(12-15)28-14-27-19/h2-7,12,18,21H,8-11,13-14H2,1H3/t18-/m1/s1. The number of hydrogen-bond donors (Lipinski definition) is 1. The highest BCUT2D eigenvalue weighted by Gasteiger charge is 2.27. The summed E-state index contributed by atoms with van der Waals surface area (Å²) in [7, 11) is -2.12. The lowest BCUT2D eigenvalue weighted by Crippen LogP contribution is -2.43. The van der Waals surface area contributed by atoms with E-state index in [0.29, 0.717) is 30.5 Å². The van der Waals surface area contributed by atoms with Crippen molar-refractivity contribution in [2.75, 3.05) is 46.8 Å². The highest BCUT2D eigenvalue weighted by Crippen LogP contribution is 2.35. The Balaban J connectivity index is 1.54. The molecule has 1 N–H and O–H groups in total. The Morgan fingerprint density at radius 3 is 2.52 bits per heavy atom. The van der Waals surface area contributed by atoms with Crippen molar-refractivity contribution in [1.82, 2.24) is 9.62 Å². The third-order valence-corrected chi connectivity index (χ3v) is 6.54. The number of rotatable bonds is 7. The monoisotopic (exact) mass is 420 g/mol. The molecule has 0 unspecified atom stereocenters. The number of morpholine rings is 1. The van der Waals surface area contributed by atoms with Gasteiger partial charge in [-0.3, -0.25) is 4.90 Å². The highest BCUT2D eigenvalue weighted by atomic mass is 32.2. The molecule has 0 aromatic heterocycles. The maximum absolute atomic E-state index is 12.8. The van der Waals surface area contributed by atoms with E-state index in [9.17, 15) is 8.42 Å². The van der Waals surface area contributed by atoms with Gasteiger partial charge in [-0.2, -0.15) is 0 Å². The maximum Gasteiger partial charge on any atom is 0.240 e. The molecule has 2 aromatic carbocycles. The first-order valence-corrected chi connectivity index (χ1v) is 10.9. The van der Waals surface area contributed by atoms with Gasteiger partial charge in [0.1, 0.15) is 5.75 Å². The van der Waals surface area contributed by atoms with Crippen LogP contribution in [0.25, 0.3) is 0 Å². The van der Waals surface area contributed by atoms with Crippen molar-refractivity contribution in [2.45, 2.75) is 10.9 Å². The summed E-state index contributed by atoms with van der Waals surface area (Å²) in [4.78, 5) is 2.42. The molecule has 0 spiro atoms. The summed E-state index contributed by atoms with van der Waals surface area (Å²) < 4.78 is 49.8. The highest BCUT2D eigenvalue weighted by molar-refractivity contribution is 7.89. The van der Waals surface area contributed by atoms with Crippen LogP contribution in [0.5, 0.6) is 17.2 Å². The lowest BCUT2D eigenvalue weighted by atomic mass is 10.0. The minimum atomic E-state index is -3.66. The van der Waals surface area contributed by atoms with Crippen molar-refractivity contribution < 1.29 is 27.4 Å². The Hall–Kier alpha value is -2.33. The number of nitrogens with one attached hydrogen (secondary N) is 1. The molecule has 1 fully saturated rings. The topological polar surface area (TPSA) is 86.3 Å². The number of hydrogen-bond acceptors (Lipinski definition) is 7. The molecule has 0 amide bonds. The zero-order chi connectivity index (χ0) is 20.3. The van der Waals surface area contributed by atoms with Gasteiger partial charge in [-0.15, -0.1) is 0 Å². The molecular weight excluding hydrogens is 396 g/mol. The first-order valence-electron chi connectivity index (χ1n) is 9.42. The Labute approximate surface area is 170 Å². The molecule has 2 aliphatic rings. The Kier molecular flexibility index (Phi) is 5.91. The average molecular weight is 420 g/mol. The van der Waals surface area contributed by atoms with Crippen LogP contribution in [-0.4, -0.2) is 60.1 Å². The van der Waals surface area contributed by atoms with Crippen LogP contribution in [0.15, 0.2) is 47.4 Å². The zero-order valence-corrected chi connectivity index (χ0v) is 17.0. The Bertz CT molecular complexity index is 942. The van der Waals surface area contributed by atoms with E-state index in [1.807, 2.05) is 18.2 Å². The molecule has 2 aromatic rings. The minimum absolute atomic E-state index is 0.151. The van der Waals surface area contributed by atoms with Crippen molar-refractivity contribution in [3.05, 3.63) is 48.0 Å². The molecule has 1 atom stereocenters. The van der Waals surface area contributed by atoms with Crippen LogP contribution in [-0.2, 0) is 14.8 Å². The normalized spacial score (nSPS) is 17.8. The number of fused-ring (bicyclic) bond motifs is 1. The second kappa shape index (κ2) is 8.58. The maximum atomic E-state index is 12.8. The average Bonchev–Trinajstić information content (AvgIpc) is 3.23. The van der Waals surface area contributed by atoms with E-state index < -0.39 is 10.0 Å². The van der Waals surface area contributed by atoms with Crippen LogP contribution in [0.3, 0.4) is 0 Å². The fraction of sp³-hybridized carbons (Fsp3) is 0.400. The van der Waals surface area contributed by atoms with E-state index in [-0.39, 0.29) is 24.3 Å². The second-order valence-electron chi connectivity index (χ2n) is 6.80. The van der Waals surface area contributed by atoms with Crippen molar-refractivity contribution in [1.29, 1.82) is 0 Å². The fourth-order valence-electron chi connectivity index (χ4n) is 3.49. The summed E-state index contributed by atoms with van der Waals surface area (Å²) >= 11 is 0. The SMILES string of the molecule is COc1ccc(S(=O)(=O)NC[C@H](c2ccc3c(c2)OCO3)N2CCOCC2)cc1. The van der Waals surface area contributed by atoms with Gasteiger partial charge >= 0.3 is 0 Å². The van der Waals surface area contributed by atoms with Crippen LogP contribution in [0.4, 0.5) is 0 Å². The molecule has 2 heterocycles. The third-order valence-electron chi connectivity index (χ3n) is 5.10. The lowest BCUT2D eigenvalue weighted by Gasteiger charge is -2.35. The lowest BCUT2D eigenvalue weighted by molar-refractivity contribution is 0.0171. The number of nitrogens with zero attached hydrogens (tertiary/aromatic N) is 1. The summed E-state index contributed by atoms with van der Waals surface area (Å²) in [5.74, 6) is 1.99. The number of methoxy groups -OCH3 is 1. The predicted molar refractivity (Wildman–Crippen MR) is 106 cm³/mol. The summed E-state index contributed by atoms with van der Waals surface area (Å²) in [6.45, 7) is 3.12. The smallest absolute Gasteiger partial charge is 0.240 e. The Morgan fingerprint density at radius 1 is 1.07 bits per heavy atom. The van der Waals surface area contributed by atoms with E-state index in [2.05, 4.69) is 9.62 Å². The molecule has 156 valence electrons. The molecule has 8 nitrogen and oxygen atoms in total. The van der Waals surface area contributed by atoms with Crippen LogP contribution >= 0.6 is 0 Å². The van der Waals surface area contributed by atoms with Gasteiger partial charge in [0, 0.05) is 25.7 Å². The van der Waals surface area contributed by atoms with E-state index >= 15 is 0 Å². The van der Waals surface area contributed by atoms with Crippen molar-refractivity contribution in [3.8, 4) is 17.2 Å². The fourth-order valence-corrected chi connectivity index (χ4v) is 4.53. The molecule has 0 aliphatic carbocycles. The summed E-state index contributed by atoms with van der Waals surface area (Å²) in [5.41, 5.74) is 0.966. The number of sulfonamides is 1. The molecule has 4 rings (SSSR count). The third kappa shape index (κ3) is 4.48. The molecule has 1 saturated heterocycles. The molecule has 0 radical (unpaired) electrons. The van der Waals surface area contributed by atoms with Crippen molar-refractivity contribution in [3.63, 3.8) is 0 Å². The summed E-state index contributed by atoms with van der Waals surface area (Å²) in [6.07, 6.45) is 0. The van der Waals surface area contributed by atoms with E-state index in [0.717, 1.165) is 18.7 Å². The van der Waals surface area contributed by atoms with Crippen LogP contribution in [0.2, 0.25) is 0 Å². The molecule has 0 bridgehead atoms. The van der Waals surface area contributed by atoms with Gasteiger partial charge in [-0.1, -0.05) is 6.07 Å². The quantitative estimate of drug-likeness (QED) is 0.731. The van der Waals surface area contributed by atoms with Gasteiger partial charge in [0.15, 0.2) is 11.5 Å². The summed E-state index contributed by atoms with van der Waals surface area (Å²) in [6, 6.07) is 11.9. The van der Waals surface area contributed by atoms with E-state index in [1.54, 1.807) is 19.2 Å². The van der Waals surface area contributed by atoms with Crippen molar-refractivity contribution in [2.24, 2.45) is 0 Å². The van der Waals surface area contributed by atoms with Crippen molar-refractivity contribution >= 4 is 10.0 Å².